The highest BCUT2D eigenvalue weighted by Crippen LogP contribution is 2.18. The number of carbonyl (C=O) groups excluding carboxylic acids is 1. The highest BCUT2D eigenvalue weighted by Gasteiger charge is 2.22. The molecule has 1 heterocycles. The fourth-order valence-corrected chi connectivity index (χ4v) is 2.18. The van der Waals surface area contributed by atoms with E-state index in [1.54, 1.807) is 4.90 Å². The van der Waals surface area contributed by atoms with Gasteiger partial charge >= 0.3 is 0 Å². The number of aromatic amines is 1. The summed E-state index contributed by atoms with van der Waals surface area (Å²) < 4.78 is 0. The van der Waals surface area contributed by atoms with Gasteiger partial charge in [-0.2, -0.15) is 0 Å². The lowest BCUT2D eigenvalue weighted by Crippen LogP contribution is -2.39. The van der Waals surface area contributed by atoms with Gasteiger partial charge < -0.3 is 15.6 Å². The number of nitrogens with two attached hydrogens (primary N) is 1. The molecule has 0 aliphatic rings. The number of hydrogen-bond acceptors (Lipinski definition) is 2. The van der Waals surface area contributed by atoms with Crippen molar-refractivity contribution in [1.82, 2.24) is 9.88 Å². The van der Waals surface area contributed by atoms with Gasteiger partial charge in [-0.15, -0.1) is 0 Å². The molecule has 1 amide bonds. The van der Waals surface area contributed by atoms with E-state index < -0.39 is 0 Å². The molecule has 2 rings (SSSR count). The summed E-state index contributed by atoms with van der Waals surface area (Å²) >= 11 is 0. The Hall–Kier alpha value is -1.81. The van der Waals surface area contributed by atoms with E-state index in [2.05, 4.69) is 18.8 Å². The normalized spacial score (nSPS) is 11.8. The summed E-state index contributed by atoms with van der Waals surface area (Å²) in [4.78, 5) is 17.2. The molecule has 0 atom stereocenters. The molecule has 1 aromatic carbocycles. The van der Waals surface area contributed by atoms with Gasteiger partial charge in [-0.25, -0.2) is 0 Å². The molecule has 0 bridgehead atoms. The molecular weight excluding hydrogens is 238 g/mol. The van der Waals surface area contributed by atoms with E-state index in [0.29, 0.717) is 18.7 Å². The maximum absolute atomic E-state index is 12.4. The Kier molecular flexibility index (Phi) is 3.62. The van der Waals surface area contributed by atoms with Crippen molar-refractivity contribution < 1.29 is 4.79 Å². The van der Waals surface area contributed by atoms with E-state index in [-0.39, 0.29) is 11.3 Å². The Morgan fingerprint density at radius 3 is 2.79 bits per heavy atom. The Morgan fingerprint density at radius 2 is 2.11 bits per heavy atom. The molecule has 0 radical (unpaired) electrons. The smallest absolute Gasteiger partial charge is 0.253 e. The number of nitrogens with one attached hydrogen (secondary N) is 1. The fraction of sp³-hybridized carbons (Fsp3) is 0.400. The predicted molar refractivity (Wildman–Crippen MR) is 78.1 cm³/mol. The van der Waals surface area contributed by atoms with Gasteiger partial charge in [0.1, 0.15) is 0 Å². The number of amides is 1. The van der Waals surface area contributed by atoms with Crippen molar-refractivity contribution in [1.29, 1.82) is 0 Å². The van der Waals surface area contributed by atoms with Gasteiger partial charge in [0.05, 0.1) is 0 Å². The van der Waals surface area contributed by atoms with E-state index in [9.17, 15) is 4.79 Å². The molecule has 2 aromatic rings. The minimum atomic E-state index is -0.0685. The molecular formula is C15H21N3O. The Morgan fingerprint density at radius 1 is 1.37 bits per heavy atom. The van der Waals surface area contributed by atoms with Crippen LogP contribution in [0.15, 0.2) is 30.5 Å². The number of fused-ring (bicyclic) bond motifs is 1. The van der Waals surface area contributed by atoms with E-state index in [4.69, 9.17) is 5.73 Å². The van der Waals surface area contributed by atoms with Gasteiger partial charge in [-0.3, -0.25) is 4.79 Å². The Bertz CT molecular complexity index is 586. The average molecular weight is 259 g/mol. The third-order valence-corrected chi connectivity index (χ3v) is 3.37. The van der Waals surface area contributed by atoms with Crippen LogP contribution in [0, 0.1) is 5.41 Å². The molecule has 0 spiro atoms. The van der Waals surface area contributed by atoms with Crippen molar-refractivity contribution in [2.45, 2.75) is 13.8 Å². The summed E-state index contributed by atoms with van der Waals surface area (Å²) in [6.07, 6.45) is 1.88. The van der Waals surface area contributed by atoms with E-state index >= 15 is 0 Å². The number of nitrogens with zero attached hydrogens (tertiary/aromatic N) is 1. The van der Waals surface area contributed by atoms with Crippen LogP contribution in [-0.2, 0) is 0 Å². The van der Waals surface area contributed by atoms with Crippen molar-refractivity contribution in [3.63, 3.8) is 0 Å². The Balaban J connectivity index is 2.18. The average Bonchev–Trinajstić information content (AvgIpc) is 2.84. The lowest BCUT2D eigenvalue weighted by molar-refractivity contribution is 0.0740. The van der Waals surface area contributed by atoms with Crippen LogP contribution in [0.25, 0.3) is 10.9 Å². The lowest BCUT2D eigenvalue weighted by Gasteiger charge is -2.29. The third kappa shape index (κ3) is 2.96. The van der Waals surface area contributed by atoms with Crippen molar-refractivity contribution >= 4 is 16.8 Å². The van der Waals surface area contributed by atoms with Crippen LogP contribution in [0.4, 0.5) is 0 Å². The second kappa shape index (κ2) is 5.05. The van der Waals surface area contributed by atoms with Crippen LogP contribution < -0.4 is 5.73 Å². The second-order valence-corrected chi connectivity index (χ2v) is 5.81. The van der Waals surface area contributed by atoms with Crippen molar-refractivity contribution in [2.75, 3.05) is 20.1 Å². The zero-order chi connectivity index (χ0) is 14.0. The summed E-state index contributed by atoms with van der Waals surface area (Å²) in [7, 11) is 1.82. The molecule has 19 heavy (non-hydrogen) atoms. The summed E-state index contributed by atoms with van der Waals surface area (Å²) in [6, 6.07) is 7.71. The van der Waals surface area contributed by atoms with Crippen molar-refractivity contribution in [3.05, 3.63) is 36.0 Å². The monoisotopic (exact) mass is 259 g/mol. The standard InChI is InChI=1S/C15H21N3O/c1-15(2,9-16)10-18(3)14(19)12-5-4-11-6-7-17-13(11)8-12/h4-8,17H,9-10,16H2,1-3H3. The molecule has 3 N–H and O–H groups in total. The van der Waals surface area contributed by atoms with E-state index in [1.165, 1.54) is 0 Å². The summed E-state index contributed by atoms with van der Waals surface area (Å²) in [5, 5.41) is 1.11. The zero-order valence-corrected chi connectivity index (χ0v) is 11.7. The topological polar surface area (TPSA) is 62.1 Å². The summed E-state index contributed by atoms with van der Waals surface area (Å²) in [5.74, 6) is 0.0259. The van der Waals surface area contributed by atoms with Crippen LogP contribution in [-0.4, -0.2) is 35.9 Å². The van der Waals surface area contributed by atoms with Gasteiger partial charge in [0, 0.05) is 30.9 Å². The highest BCUT2D eigenvalue weighted by molar-refractivity contribution is 5.97. The number of benzene rings is 1. The van der Waals surface area contributed by atoms with Gasteiger partial charge in [-0.05, 0) is 35.5 Å². The predicted octanol–water partition coefficient (Wildman–Crippen LogP) is 2.22. The van der Waals surface area contributed by atoms with Gasteiger partial charge in [0.2, 0.25) is 0 Å². The molecule has 0 saturated carbocycles. The van der Waals surface area contributed by atoms with Crippen LogP contribution in [0.1, 0.15) is 24.2 Å². The Labute approximate surface area is 113 Å². The molecule has 1 aromatic heterocycles. The first-order chi connectivity index (χ1) is 8.93. The molecule has 0 saturated heterocycles. The molecule has 4 nitrogen and oxygen atoms in total. The molecule has 0 aliphatic heterocycles. The molecule has 4 heteroatoms. The summed E-state index contributed by atoms with van der Waals surface area (Å²) in [6.45, 7) is 5.32. The number of rotatable bonds is 4. The van der Waals surface area contributed by atoms with Gasteiger partial charge in [0.25, 0.3) is 5.91 Å². The molecule has 0 fully saturated rings. The fourth-order valence-electron chi connectivity index (χ4n) is 2.18. The maximum atomic E-state index is 12.4. The van der Waals surface area contributed by atoms with Gasteiger partial charge in [0.15, 0.2) is 0 Å². The van der Waals surface area contributed by atoms with Gasteiger partial charge in [-0.1, -0.05) is 19.9 Å². The largest absolute Gasteiger partial charge is 0.361 e. The minimum absolute atomic E-state index is 0.0259. The first-order valence-corrected chi connectivity index (χ1v) is 6.46. The summed E-state index contributed by atoms with van der Waals surface area (Å²) in [5.41, 5.74) is 7.33. The first kappa shape index (κ1) is 13.6. The zero-order valence-electron chi connectivity index (χ0n) is 11.7. The molecule has 0 unspecified atom stereocenters. The maximum Gasteiger partial charge on any atom is 0.253 e. The third-order valence-electron chi connectivity index (χ3n) is 3.37. The number of H-pyrrole nitrogens is 1. The van der Waals surface area contributed by atoms with Crippen LogP contribution in [0.2, 0.25) is 0 Å². The van der Waals surface area contributed by atoms with E-state index in [1.807, 2.05) is 37.5 Å². The van der Waals surface area contributed by atoms with Crippen LogP contribution in [0.3, 0.4) is 0 Å². The molecule has 102 valence electrons. The molecule has 0 aliphatic carbocycles. The van der Waals surface area contributed by atoms with E-state index in [0.717, 1.165) is 10.9 Å². The quantitative estimate of drug-likeness (QED) is 0.884. The second-order valence-electron chi connectivity index (χ2n) is 5.81. The minimum Gasteiger partial charge on any atom is -0.361 e. The lowest BCUT2D eigenvalue weighted by atomic mass is 9.93. The number of aromatic nitrogens is 1. The highest BCUT2D eigenvalue weighted by atomic mass is 16.2. The number of hydrogen-bond donors (Lipinski definition) is 2. The van der Waals surface area contributed by atoms with Crippen LogP contribution >= 0.6 is 0 Å². The number of carbonyl (C=O) groups is 1. The first-order valence-electron chi connectivity index (χ1n) is 6.46. The van der Waals surface area contributed by atoms with Crippen molar-refractivity contribution in [2.24, 2.45) is 11.1 Å². The van der Waals surface area contributed by atoms with Crippen LogP contribution in [0.5, 0.6) is 0 Å². The SMILES string of the molecule is CN(CC(C)(C)CN)C(=O)c1ccc2cc[nH]c2c1. The van der Waals surface area contributed by atoms with Crippen molar-refractivity contribution in [3.8, 4) is 0 Å².